The molecular weight excluding hydrogens is 236 g/mol. The minimum atomic E-state index is 0.471. The van der Waals surface area contributed by atoms with Gasteiger partial charge in [-0.05, 0) is 16.8 Å². The lowest BCUT2D eigenvalue weighted by Gasteiger charge is -2.08. The van der Waals surface area contributed by atoms with Crippen molar-refractivity contribution >= 4 is 11.8 Å². The van der Waals surface area contributed by atoms with Gasteiger partial charge in [-0.1, -0.05) is 25.6 Å². The standard InChI is InChI=1S/C10H18N6S/c1-9(2)12-6-7-16-10(13-14-15-16)17-8-4-3-5-11/h9,12H,3-4,6-8H2,1-2H3. The lowest BCUT2D eigenvalue weighted by molar-refractivity contribution is 0.485. The predicted molar refractivity (Wildman–Crippen MR) is 66.5 cm³/mol. The van der Waals surface area contributed by atoms with E-state index in [-0.39, 0.29) is 0 Å². The highest BCUT2D eigenvalue weighted by Gasteiger charge is 2.06. The van der Waals surface area contributed by atoms with Gasteiger partial charge in [-0.2, -0.15) is 5.26 Å². The van der Waals surface area contributed by atoms with E-state index in [1.165, 1.54) is 0 Å². The van der Waals surface area contributed by atoms with E-state index in [0.29, 0.717) is 12.5 Å². The summed E-state index contributed by atoms with van der Waals surface area (Å²) in [7, 11) is 0. The molecule has 0 aliphatic heterocycles. The van der Waals surface area contributed by atoms with Crippen LogP contribution in [0.1, 0.15) is 26.7 Å². The van der Waals surface area contributed by atoms with Crippen molar-refractivity contribution in [1.29, 1.82) is 5.26 Å². The molecule has 0 amide bonds. The Kier molecular flexibility index (Phi) is 6.58. The molecule has 7 heteroatoms. The van der Waals surface area contributed by atoms with Crippen LogP contribution in [0.5, 0.6) is 0 Å². The van der Waals surface area contributed by atoms with Gasteiger partial charge in [0.15, 0.2) is 0 Å². The van der Waals surface area contributed by atoms with Gasteiger partial charge < -0.3 is 5.32 Å². The first-order valence-corrected chi connectivity index (χ1v) is 6.72. The summed E-state index contributed by atoms with van der Waals surface area (Å²) >= 11 is 1.60. The van der Waals surface area contributed by atoms with Crippen LogP contribution in [-0.4, -0.2) is 38.5 Å². The van der Waals surface area contributed by atoms with Gasteiger partial charge in [0.05, 0.1) is 12.6 Å². The van der Waals surface area contributed by atoms with Crippen LogP contribution in [0.4, 0.5) is 0 Å². The molecule has 0 aromatic carbocycles. The van der Waals surface area contributed by atoms with E-state index in [4.69, 9.17) is 5.26 Å². The molecule has 0 spiro atoms. The highest BCUT2D eigenvalue weighted by Crippen LogP contribution is 2.14. The molecular formula is C10H18N6S. The maximum Gasteiger partial charge on any atom is 0.209 e. The summed E-state index contributed by atoms with van der Waals surface area (Å²) in [5.74, 6) is 0.880. The summed E-state index contributed by atoms with van der Waals surface area (Å²) in [6, 6.07) is 2.60. The van der Waals surface area contributed by atoms with Crippen LogP contribution in [-0.2, 0) is 6.54 Å². The molecule has 1 N–H and O–H groups in total. The van der Waals surface area contributed by atoms with Crippen molar-refractivity contribution in [2.45, 2.75) is 44.4 Å². The number of unbranched alkanes of at least 4 members (excludes halogenated alkanes) is 1. The van der Waals surface area contributed by atoms with Gasteiger partial charge in [0.25, 0.3) is 0 Å². The van der Waals surface area contributed by atoms with Crippen molar-refractivity contribution in [1.82, 2.24) is 25.5 Å². The molecule has 0 aliphatic carbocycles. The third kappa shape index (κ3) is 5.65. The van der Waals surface area contributed by atoms with Crippen molar-refractivity contribution in [3.8, 4) is 6.07 Å². The Morgan fingerprint density at radius 1 is 1.53 bits per heavy atom. The van der Waals surface area contributed by atoms with E-state index in [9.17, 15) is 0 Å². The highest BCUT2D eigenvalue weighted by atomic mass is 32.2. The number of thioether (sulfide) groups is 1. The van der Waals surface area contributed by atoms with E-state index in [1.54, 1.807) is 16.4 Å². The van der Waals surface area contributed by atoms with Crippen molar-refractivity contribution in [3.05, 3.63) is 0 Å². The maximum atomic E-state index is 8.43. The summed E-state index contributed by atoms with van der Waals surface area (Å²) in [4.78, 5) is 0. The Morgan fingerprint density at radius 3 is 3.06 bits per heavy atom. The Hall–Kier alpha value is -1.13. The van der Waals surface area contributed by atoms with Gasteiger partial charge in [0, 0.05) is 24.8 Å². The van der Waals surface area contributed by atoms with Gasteiger partial charge >= 0.3 is 0 Å². The molecule has 1 aromatic heterocycles. The van der Waals surface area contributed by atoms with E-state index in [1.807, 2.05) is 0 Å². The number of nitrogens with zero attached hydrogens (tertiary/aromatic N) is 5. The third-order valence-electron chi connectivity index (χ3n) is 2.04. The van der Waals surface area contributed by atoms with Crippen LogP contribution in [0.2, 0.25) is 0 Å². The minimum Gasteiger partial charge on any atom is -0.313 e. The molecule has 17 heavy (non-hydrogen) atoms. The molecule has 0 bridgehead atoms. The SMILES string of the molecule is CC(C)NCCn1nnnc1SCCCC#N. The molecule has 94 valence electrons. The van der Waals surface area contributed by atoms with Crippen molar-refractivity contribution < 1.29 is 0 Å². The lowest BCUT2D eigenvalue weighted by atomic mass is 10.4. The average molecular weight is 254 g/mol. The first-order valence-electron chi connectivity index (χ1n) is 5.73. The molecule has 1 heterocycles. The molecule has 1 aromatic rings. The quantitative estimate of drug-likeness (QED) is 0.552. The molecule has 0 atom stereocenters. The Morgan fingerprint density at radius 2 is 2.35 bits per heavy atom. The molecule has 0 saturated carbocycles. The number of nitrogens with one attached hydrogen (secondary N) is 1. The Labute approximate surface area is 106 Å². The molecule has 0 unspecified atom stereocenters. The molecule has 0 saturated heterocycles. The zero-order valence-corrected chi connectivity index (χ0v) is 11.1. The number of aromatic nitrogens is 4. The monoisotopic (exact) mass is 254 g/mol. The van der Waals surface area contributed by atoms with Crippen LogP contribution in [0.15, 0.2) is 5.16 Å². The van der Waals surface area contributed by atoms with Gasteiger partial charge in [0.2, 0.25) is 5.16 Å². The second kappa shape index (κ2) is 8.03. The van der Waals surface area contributed by atoms with Crippen molar-refractivity contribution in [2.24, 2.45) is 0 Å². The second-order valence-corrected chi connectivity index (χ2v) is 4.97. The first-order chi connectivity index (χ1) is 8.24. The van der Waals surface area contributed by atoms with Crippen molar-refractivity contribution in [3.63, 3.8) is 0 Å². The maximum absolute atomic E-state index is 8.43. The van der Waals surface area contributed by atoms with E-state index in [0.717, 1.165) is 30.4 Å². The number of hydrogen-bond acceptors (Lipinski definition) is 6. The normalized spacial score (nSPS) is 10.7. The number of hydrogen-bond donors (Lipinski definition) is 1. The smallest absolute Gasteiger partial charge is 0.209 e. The summed E-state index contributed by atoms with van der Waals surface area (Å²) in [6.45, 7) is 5.84. The van der Waals surface area contributed by atoms with E-state index < -0.39 is 0 Å². The van der Waals surface area contributed by atoms with Gasteiger partial charge in [-0.15, -0.1) is 5.10 Å². The topological polar surface area (TPSA) is 79.4 Å². The van der Waals surface area contributed by atoms with Crippen LogP contribution in [0, 0.1) is 11.3 Å². The van der Waals surface area contributed by atoms with E-state index in [2.05, 4.69) is 40.8 Å². The fraction of sp³-hybridized carbons (Fsp3) is 0.800. The molecule has 6 nitrogen and oxygen atoms in total. The third-order valence-corrected chi connectivity index (χ3v) is 3.08. The predicted octanol–water partition coefficient (Wildman–Crippen LogP) is 1.07. The Bertz CT molecular complexity index is 356. The summed E-state index contributed by atoms with van der Waals surface area (Å²) in [5, 5.41) is 24.2. The van der Waals surface area contributed by atoms with Gasteiger partial charge in [-0.3, -0.25) is 0 Å². The second-order valence-electron chi connectivity index (χ2n) is 3.90. The van der Waals surface area contributed by atoms with Crippen LogP contribution in [0.25, 0.3) is 0 Å². The van der Waals surface area contributed by atoms with Crippen LogP contribution >= 0.6 is 11.8 Å². The fourth-order valence-electron chi connectivity index (χ4n) is 1.21. The van der Waals surface area contributed by atoms with Crippen molar-refractivity contribution in [2.75, 3.05) is 12.3 Å². The molecule has 1 rings (SSSR count). The largest absolute Gasteiger partial charge is 0.313 e. The van der Waals surface area contributed by atoms with Crippen LogP contribution < -0.4 is 5.32 Å². The molecule has 0 fully saturated rings. The van der Waals surface area contributed by atoms with Crippen LogP contribution in [0.3, 0.4) is 0 Å². The van der Waals surface area contributed by atoms with E-state index >= 15 is 0 Å². The summed E-state index contributed by atoms with van der Waals surface area (Å²) in [6.07, 6.45) is 1.46. The number of rotatable bonds is 8. The zero-order chi connectivity index (χ0) is 12.5. The summed E-state index contributed by atoms with van der Waals surface area (Å²) in [5.41, 5.74) is 0. The zero-order valence-electron chi connectivity index (χ0n) is 10.3. The van der Waals surface area contributed by atoms with Gasteiger partial charge in [-0.25, -0.2) is 4.68 Å². The lowest BCUT2D eigenvalue weighted by Crippen LogP contribution is -2.27. The molecule has 0 aliphatic rings. The number of tetrazole rings is 1. The fourth-order valence-corrected chi connectivity index (χ4v) is 2.06. The first kappa shape index (κ1) is 13.9. The highest BCUT2D eigenvalue weighted by molar-refractivity contribution is 7.99. The minimum absolute atomic E-state index is 0.471. The molecule has 0 radical (unpaired) electrons. The Balaban J connectivity index is 2.30. The van der Waals surface area contributed by atoms with Gasteiger partial charge in [0.1, 0.15) is 0 Å². The number of nitriles is 1. The average Bonchev–Trinajstić information content (AvgIpc) is 2.72. The summed E-state index contributed by atoms with van der Waals surface area (Å²) < 4.78 is 1.80.